The summed E-state index contributed by atoms with van der Waals surface area (Å²) in [6.07, 6.45) is 3.10. The molecule has 1 aliphatic rings. The number of rotatable bonds is 4. The molecule has 0 amide bonds. The van der Waals surface area contributed by atoms with E-state index in [0.717, 1.165) is 25.0 Å². The Kier molecular flexibility index (Phi) is 5.07. The Labute approximate surface area is 177 Å². The number of fused-ring (bicyclic) bond motifs is 1. The van der Waals surface area contributed by atoms with E-state index in [0.29, 0.717) is 12.8 Å². The van der Waals surface area contributed by atoms with Crippen molar-refractivity contribution < 1.29 is 28.6 Å². The van der Waals surface area contributed by atoms with Gasteiger partial charge in [0.25, 0.3) is 5.91 Å². The summed E-state index contributed by atoms with van der Waals surface area (Å²) in [7, 11) is 0. The molecule has 1 fully saturated rings. The quantitative estimate of drug-likeness (QED) is 0.603. The van der Waals surface area contributed by atoms with Gasteiger partial charge in [-0.1, -0.05) is 18.9 Å². The van der Waals surface area contributed by atoms with E-state index >= 15 is 4.39 Å². The molecule has 2 N–H and O–H groups in total. The molecule has 0 bridgehead atoms. The monoisotopic (exact) mass is 427 g/mol. The molecule has 4 rings (SSSR count). The van der Waals surface area contributed by atoms with Gasteiger partial charge in [-0.05, 0) is 62.9 Å². The highest BCUT2D eigenvalue weighted by Gasteiger charge is 2.48. The van der Waals surface area contributed by atoms with Crippen molar-refractivity contribution in [2.24, 2.45) is 5.92 Å². The number of hydrogen-bond acceptors (Lipinski definition) is 3. The third-order valence-electron chi connectivity index (χ3n) is 6.70. The van der Waals surface area contributed by atoms with Crippen molar-refractivity contribution in [2.45, 2.75) is 44.9 Å². The van der Waals surface area contributed by atoms with Gasteiger partial charge in [0, 0.05) is 22.2 Å². The number of carbonyl (C=O) groups is 2. The van der Waals surface area contributed by atoms with E-state index < -0.39 is 34.7 Å². The van der Waals surface area contributed by atoms with E-state index in [1.807, 2.05) is 0 Å². The van der Waals surface area contributed by atoms with Crippen molar-refractivity contribution in [1.29, 1.82) is 0 Å². The highest BCUT2D eigenvalue weighted by atomic mass is 19.1. The number of aromatic nitrogens is 1. The summed E-state index contributed by atoms with van der Waals surface area (Å²) in [5, 5.41) is 20.2. The average Bonchev–Trinajstić information content (AvgIpc) is 3.36. The molecule has 1 aromatic heterocycles. The van der Waals surface area contributed by atoms with Gasteiger partial charge in [-0.15, -0.1) is 0 Å². The molecule has 2 aromatic carbocycles. The minimum absolute atomic E-state index is 0.0536. The third-order valence-corrected chi connectivity index (χ3v) is 6.70. The zero-order chi connectivity index (χ0) is 22.5. The predicted octanol–water partition coefficient (Wildman–Crippen LogP) is 5.15. The van der Waals surface area contributed by atoms with E-state index in [9.17, 15) is 24.2 Å². The van der Waals surface area contributed by atoms with Crippen LogP contribution >= 0.6 is 0 Å². The number of phenols is 1. The molecule has 3 aromatic rings. The van der Waals surface area contributed by atoms with Gasteiger partial charge >= 0.3 is 5.97 Å². The highest BCUT2D eigenvalue weighted by molar-refractivity contribution is 6.06. The Bertz CT molecular complexity index is 1210. The molecule has 0 saturated heterocycles. The van der Waals surface area contributed by atoms with Crippen LogP contribution in [0, 0.1) is 24.5 Å². The first-order chi connectivity index (χ1) is 14.7. The van der Waals surface area contributed by atoms with Gasteiger partial charge in [0.1, 0.15) is 5.82 Å². The Hall–Kier alpha value is -3.22. The standard InChI is InChI=1S/C24H23F2NO4/c1-13-20(24(2,23(30)31)15-7-3-4-8-15)19-17(10-11-18(28)21(19)26)27(13)22(29)14-6-5-9-16(25)12-14/h5-6,9-12,15,28H,3-4,7-8H2,1-2H3,(H,30,31)/t24-/m1/s1. The summed E-state index contributed by atoms with van der Waals surface area (Å²) < 4.78 is 30.2. The topological polar surface area (TPSA) is 79.5 Å². The minimum atomic E-state index is -1.46. The molecular weight excluding hydrogens is 404 g/mol. The van der Waals surface area contributed by atoms with Crippen LogP contribution in [0.2, 0.25) is 0 Å². The fraction of sp³-hybridized carbons (Fsp3) is 0.333. The molecule has 1 atom stereocenters. The molecule has 0 radical (unpaired) electrons. The van der Waals surface area contributed by atoms with E-state index in [1.165, 1.54) is 28.8 Å². The fourth-order valence-electron chi connectivity index (χ4n) is 5.09. The van der Waals surface area contributed by atoms with Gasteiger partial charge in [-0.2, -0.15) is 0 Å². The van der Waals surface area contributed by atoms with E-state index in [2.05, 4.69) is 0 Å². The smallest absolute Gasteiger partial charge is 0.314 e. The summed E-state index contributed by atoms with van der Waals surface area (Å²) in [4.78, 5) is 25.9. The zero-order valence-corrected chi connectivity index (χ0v) is 17.3. The van der Waals surface area contributed by atoms with Crippen molar-refractivity contribution in [1.82, 2.24) is 4.57 Å². The summed E-state index contributed by atoms with van der Waals surface area (Å²) in [6, 6.07) is 7.65. The van der Waals surface area contributed by atoms with Gasteiger partial charge in [0.15, 0.2) is 11.6 Å². The van der Waals surface area contributed by atoms with Crippen LogP contribution in [0.3, 0.4) is 0 Å². The summed E-state index contributed by atoms with van der Waals surface area (Å²) >= 11 is 0. The molecule has 31 heavy (non-hydrogen) atoms. The van der Waals surface area contributed by atoms with Crippen LogP contribution in [0.5, 0.6) is 5.75 Å². The lowest BCUT2D eigenvalue weighted by atomic mass is 9.69. The molecule has 7 heteroatoms. The number of aliphatic carboxylic acids is 1. The first-order valence-electron chi connectivity index (χ1n) is 10.2. The molecule has 0 unspecified atom stereocenters. The van der Waals surface area contributed by atoms with Gasteiger partial charge in [-0.25, -0.2) is 8.78 Å². The number of carbonyl (C=O) groups excluding carboxylic acids is 1. The van der Waals surface area contributed by atoms with Gasteiger partial charge in [0.2, 0.25) is 0 Å². The van der Waals surface area contributed by atoms with Gasteiger partial charge in [0.05, 0.1) is 10.9 Å². The summed E-state index contributed by atoms with van der Waals surface area (Å²) in [5.41, 5.74) is -0.813. The lowest BCUT2D eigenvalue weighted by Gasteiger charge is -2.32. The summed E-state index contributed by atoms with van der Waals surface area (Å²) in [6.45, 7) is 3.13. The lowest BCUT2D eigenvalue weighted by Crippen LogP contribution is -2.40. The Morgan fingerprint density at radius 2 is 1.81 bits per heavy atom. The molecule has 5 nitrogen and oxygen atoms in total. The molecule has 1 saturated carbocycles. The number of carboxylic acid groups (broad SMARTS) is 1. The molecular formula is C24H23F2NO4. The van der Waals surface area contributed by atoms with Crippen LogP contribution in [0.15, 0.2) is 36.4 Å². The van der Waals surface area contributed by atoms with Crippen LogP contribution in [-0.4, -0.2) is 26.7 Å². The van der Waals surface area contributed by atoms with E-state index in [1.54, 1.807) is 13.8 Å². The number of halogens is 2. The van der Waals surface area contributed by atoms with Crippen molar-refractivity contribution in [3.05, 3.63) is 64.9 Å². The predicted molar refractivity (Wildman–Crippen MR) is 111 cm³/mol. The van der Waals surface area contributed by atoms with Crippen LogP contribution in [0.25, 0.3) is 10.9 Å². The first-order valence-corrected chi connectivity index (χ1v) is 10.2. The maximum Gasteiger partial charge on any atom is 0.314 e. The van der Waals surface area contributed by atoms with Crippen LogP contribution < -0.4 is 0 Å². The lowest BCUT2D eigenvalue weighted by molar-refractivity contribution is -0.145. The molecule has 0 aliphatic heterocycles. The molecule has 0 spiro atoms. The van der Waals surface area contributed by atoms with Crippen molar-refractivity contribution in [3.63, 3.8) is 0 Å². The molecule has 162 valence electrons. The van der Waals surface area contributed by atoms with Crippen LogP contribution in [0.1, 0.15) is 54.2 Å². The number of carboxylic acids is 1. The summed E-state index contributed by atoms with van der Waals surface area (Å²) in [5.74, 6) is -4.13. The van der Waals surface area contributed by atoms with Crippen molar-refractivity contribution >= 4 is 22.8 Å². The normalized spacial score (nSPS) is 16.5. The van der Waals surface area contributed by atoms with E-state index in [-0.39, 0.29) is 33.6 Å². The Morgan fingerprint density at radius 1 is 1.13 bits per heavy atom. The molecule has 1 heterocycles. The highest BCUT2D eigenvalue weighted by Crippen LogP contribution is 2.48. The second kappa shape index (κ2) is 7.48. The second-order valence-electron chi connectivity index (χ2n) is 8.39. The van der Waals surface area contributed by atoms with Crippen molar-refractivity contribution in [3.8, 4) is 5.75 Å². The Morgan fingerprint density at radius 3 is 2.42 bits per heavy atom. The van der Waals surface area contributed by atoms with E-state index in [4.69, 9.17) is 0 Å². The van der Waals surface area contributed by atoms with Crippen LogP contribution in [-0.2, 0) is 10.2 Å². The minimum Gasteiger partial charge on any atom is -0.505 e. The largest absolute Gasteiger partial charge is 0.505 e. The number of nitrogens with zero attached hydrogens (tertiary/aromatic N) is 1. The van der Waals surface area contributed by atoms with Crippen LogP contribution in [0.4, 0.5) is 8.78 Å². The maximum absolute atomic E-state index is 15.2. The average molecular weight is 427 g/mol. The number of phenolic OH excluding ortho intramolecular Hbond substituents is 1. The number of benzene rings is 2. The molecule has 1 aliphatic carbocycles. The maximum atomic E-state index is 15.2. The van der Waals surface area contributed by atoms with Gasteiger partial charge < -0.3 is 10.2 Å². The fourth-order valence-corrected chi connectivity index (χ4v) is 5.09. The number of aromatic hydroxyl groups is 1. The Balaban J connectivity index is 2.07. The zero-order valence-electron chi connectivity index (χ0n) is 17.3. The van der Waals surface area contributed by atoms with Gasteiger partial charge in [-0.3, -0.25) is 14.2 Å². The third kappa shape index (κ3) is 3.10. The number of hydrogen-bond donors (Lipinski definition) is 2. The SMILES string of the molecule is Cc1c([C@](C)(C(=O)O)C2CCCC2)c2c(F)c(O)ccc2n1C(=O)c1cccc(F)c1. The first kappa shape index (κ1) is 21.0. The second-order valence-corrected chi connectivity index (χ2v) is 8.39. The van der Waals surface area contributed by atoms with Crippen molar-refractivity contribution in [2.75, 3.05) is 0 Å².